The van der Waals surface area contributed by atoms with E-state index >= 15 is 0 Å². The molecule has 1 atom stereocenters. The molecule has 110 valence electrons. The summed E-state index contributed by atoms with van der Waals surface area (Å²) in [5.41, 5.74) is 7.51. The Kier molecular flexibility index (Phi) is 5.03. The molecule has 2 amide bonds. The van der Waals surface area contributed by atoms with Gasteiger partial charge in [-0.2, -0.15) is 0 Å². The third-order valence-electron chi connectivity index (χ3n) is 2.88. The number of rotatable bonds is 4. The molecule has 21 heavy (non-hydrogen) atoms. The third kappa shape index (κ3) is 4.66. The van der Waals surface area contributed by atoms with Crippen LogP contribution in [0, 0.1) is 0 Å². The summed E-state index contributed by atoms with van der Waals surface area (Å²) in [6.45, 7) is 0.101. The fourth-order valence-corrected chi connectivity index (χ4v) is 1.86. The van der Waals surface area contributed by atoms with E-state index in [1.165, 1.54) is 0 Å². The molecular weight excluding hydrogens is 290 g/mol. The van der Waals surface area contributed by atoms with Gasteiger partial charge in [0, 0.05) is 22.9 Å². The Morgan fingerprint density at radius 3 is 2.38 bits per heavy atom. The Bertz CT molecular complexity index is 599. The number of amides is 2. The van der Waals surface area contributed by atoms with Gasteiger partial charge in [0.05, 0.1) is 6.10 Å². The predicted octanol–water partition coefficient (Wildman–Crippen LogP) is 2.78. The summed E-state index contributed by atoms with van der Waals surface area (Å²) in [5.74, 6) is 0. The van der Waals surface area contributed by atoms with Crippen LogP contribution < -0.4 is 16.4 Å². The van der Waals surface area contributed by atoms with Crippen molar-refractivity contribution in [3.8, 4) is 0 Å². The third-order valence-corrected chi connectivity index (χ3v) is 3.13. The highest BCUT2D eigenvalue weighted by atomic mass is 35.5. The van der Waals surface area contributed by atoms with Gasteiger partial charge in [-0.05, 0) is 42.0 Å². The fraction of sp³-hybridized carbons (Fsp3) is 0.133. The minimum absolute atomic E-state index is 0.101. The maximum Gasteiger partial charge on any atom is 0.319 e. The van der Waals surface area contributed by atoms with Crippen molar-refractivity contribution >= 4 is 29.0 Å². The SMILES string of the molecule is Nc1ccc(C(O)CNC(=O)Nc2ccc(Cl)cc2)cc1. The molecule has 5 N–H and O–H groups in total. The first kappa shape index (κ1) is 15.2. The molecule has 0 bridgehead atoms. The first-order valence-electron chi connectivity index (χ1n) is 6.38. The van der Waals surface area contributed by atoms with E-state index in [-0.39, 0.29) is 6.54 Å². The average Bonchev–Trinajstić information content (AvgIpc) is 2.48. The minimum atomic E-state index is -0.790. The number of nitrogens with two attached hydrogens (primary N) is 1. The summed E-state index contributed by atoms with van der Waals surface area (Å²) >= 11 is 5.76. The van der Waals surface area contributed by atoms with Crippen molar-refractivity contribution in [2.45, 2.75) is 6.10 Å². The predicted molar refractivity (Wildman–Crippen MR) is 84.3 cm³/mol. The van der Waals surface area contributed by atoms with E-state index in [1.54, 1.807) is 48.5 Å². The Morgan fingerprint density at radius 2 is 1.76 bits per heavy atom. The smallest absolute Gasteiger partial charge is 0.319 e. The summed E-state index contributed by atoms with van der Waals surface area (Å²) in [4.78, 5) is 11.7. The van der Waals surface area contributed by atoms with Gasteiger partial charge in [0.15, 0.2) is 0 Å². The van der Waals surface area contributed by atoms with E-state index in [2.05, 4.69) is 10.6 Å². The molecule has 2 aromatic carbocycles. The molecule has 0 heterocycles. The molecule has 6 heteroatoms. The summed E-state index contributed by atoms with van der Waals surface area (Å²) in [6, 6.07) is 13.2. The lowest BCUT2D eigenvalue weighted by Crippen LogP contribution is -2.32. The second-order valence-corrected chi connectivity index (χ2v) is 4.96. The van der Waals surface area contributed by atoms with Gasteiger partial charge < -0.3 is 21.5 Å². The Morgan fingerprint density at radius 1 is 1.14 bits per heavy atom. The highest BCUT2D eigenvalue weighted by Crippen LogP contribution is 2.15. The van der Waals surface area contributed by atoms with Crippen LogP contribution in [0.1, 0.15) is 11.7 Å². The van der Waals surface area contributed by atoms with E-state index in [1.807, 2.05) is 0 Å². The van der Waals surface area contributed by atoms with Crippen molar-refractivity contribution in [3.05, 3.63) is 59.1 Å². The zero-order valence-electron chi connectivity index (χ0n) is 11.2. The molecule has 1 unspecified atom stereocenters. The minimum Gasteiger partial charge on any atom is -0.399 e. The van der Waals surface area contributed by atoms with Crippen LogP contribution in [0.4, 0.5) is 16.2 Å². The Balaban J connectivity index is 1.83. The van der Waals surface area contributed by atoms with Gasteiger partial charge in [-0.15, -0.1) is 0 Å². The topological polar surface area (TPSA) is 87.4 Å². The van der Waals surface area contributed by atoms with Crippen LogP contribution in [0.25, 0.3) is 0 Å². The summed E-state index contributed by atoms with van der Waals surface area (Å²) in [7, 11) is 0. The first-order chi connectivity index (χ1) is 10.0. The van der Waals surface area contributed by atoms with Crippen molar-refractivity contribution in [2.75, 3.05) is 17.6 Å². The number of nitrogen functional groups attached to an aromatic ring is 1. The number of nitrogens with one attached hydrogen (secondary N) is 2. The van der Waals surface area contributed by atoms with E-state index in [0.717, 1.165) is 0 Å². The molecule has 0 aliphatic carbocycles. The molecule has 0 saturated heterocycles. The number of carbonyl (C=O) groups excluding carboxylic acids is 1. The van der Waals surface area contributed by atoms with Crippen molar-refractivity contribution in [1.82, 2.24) is 5.32 Å². The Hall–Kier alpha value is -2.24. The zero-order chi connectivity index (χ0) is 15.2. The lowest BCUT2D eigenvalue weighted by molar-refractivity contribution is 0.175. The summed E-state index contributed by atoms with van der Waals surface area (Å²) < 4.78 is 0. The lowest BCUT2D eigenvalue weighted by Gasteiger charge is -2.13. The van der Waals surface area contributed by atoms with Gasteiger partial charge in [0.1, 0.15) is 0 Å². The van der Waals surface area contributed by atoms with Crippen molar-refractivity contribution in [2.24, 2.45) is 0 Å². The highest BCUT2D eigenvalue weighted by molar-refractivity contribution is 6.30. The number of halogens is 1. The number of urea groups is 1. The highest BCUT2D eigenvalue weighted by Gasteiger charge is 2.09. The van der Waals surface area contributed by atoms with E-state index in [4.69, 9.17) is 17.3 Å². The van der Waals surface area contributed by atoms with E-state index < -0.39 is 12.1 Å². The van der Waals surface area contributed by atoms with Crippen molar-refractivity contribution in [1.29, 1.82) is 0 Å². The van der Waals surface area contributed by atoms with Crippen LogP contribution in [0.3, 0.4) is 0 Å². The molecular formula is C15H16ClN3O2. The second kappa shape index (κ2) is 6.97. The van der Waals surface area contributed by atoms with Gasteiger partial charge in [0.2, 0.25) is 0 Å². The molecule has 0 spiro atoms. The first-order valence-corrected chi connectivity index (χ1v) is 6.76. The molecule has 0 radical (unpaired) electrons. The maximum atomic E-state index is 11.7. The monoisotopic (exact) mass is 305 g/mol. The van der Waals surface area contributed by atoms with Crippen LogP contribution in [0.5, 0.6) is 0 Å². The van der Waals surface area contributed by atoms with Gasteiger partial charge in [-0.25, -0.2) is 4.79 Å². The second-order valence-electron chi connectivity index (χ2n) is 4.52. The molecule has 0 aliphatic heterocycles. The summed E-state index contributed by atoms with van der Waals surface area (Å²) in [5, 5.41) is 15.8. The summed E-state index contributed by atoms with van der Waals surface area (Å²) in [6.07, 6.45) is -0.790. The lowest BCUT2D eigenvalue weighted by atomic mass is 10.1. The van der Waals surface area contributed by atoms with Crippen LogP contribution in [-0.2, 0) is 0 Å². The van der Waals surface area contributed by atoms with Crippen LogP contribution in [-0.4, -0.2) is 17.7 Å². The molecule has 2 aromatic rings. The standard InChI is InChI=1S/C15H16ClN3O2/c16-11-3-7-13(8-4-11)19-15(21)18-9-14(20)10-1-5-12(17)6-2-10/h1-8,14,20H,9,17H2,(H2,18,19,21). The van der Waals surface area contributed by atoms with Crippen LogP contribution in [0.2, 0.25) is 5.02 Å². The fourth-order valence-electron chi connectivity index (χ4n) is 1.73. The molecule has 2 rings (SSSR count). The van der Waals surface area contributed by atoms with Gasteiger partial charge in [-0.3, -0.25) is 0 Å². The van der Waals surface area contributed by atoms with Gasteiger partial charge in [-0.1, -0.05) is 23.7 Å². The number of benzene rings is 2. The number of aliphatic hydroxyl groups is 1. The normalized spacial score (nSPS) is 11.7. The van der Waals surface area contributed by atoms with Crippen LogP contribution >= 0.6 is 11.6 Å². The molecule has 0 saturated carbocycles. The van der Waals surface area contributed by atoms with Crippen molar-refractivity contribution in [3.63, 3.8) is 0 Å². The van der Waals surface area contributed by atoms with Gasteiger partial charge in [0.25, 0.3) is 0 Å². The van der Waals surface area contributed by atoms with Gasteiger partial charge >= 0.3 is 6.03 Å². The average molecular weight is 306 g/mol. The van der Waals surface area contributed by atoms with Crippen LogP contribution in [0.15, 0.2) is 48.5 Å². The number of anilines is 2. The van der Waals surface area contributed by atoms with E-state index in [9.17, 15) is 9.90 Å². The molecule has 5 nitrogen and oxygen atoms in total. The van der Waals surface area contributed by atoms with E-state index in [0.29, 0.717) is 22.0 Å². The van der Waals surface area contributed by atoms with Crippen molar-refractivity contribution < 1.29 is 9.90 Å². The number of aliphatic hydroxyl groups excluding tert-OH is 1. The largest absolute Gasteiger partial charge is 0.399 e. The number of hydrogen-bond donors (Lipinski definition) is 4. The zero-order valence-corrected chi connectivity index (χ0v) is 12.0. The molecule has 0 fully saturated rings. The number of carbonyl (C=O) groups is 1. The molecule has 0 aliphatic rings. The number of hydrogen-bond acceptors (Lipinski definition) is 3. The molecule has 0 aromatic heterocycles. The quantitative estimate of drug-likeness (QED) is 0.655. The Labute approximate surface area is 127 Å². The maximum absolute atomic E-state index is 11.7.